The van der Waals surface area contributed by atoms with Crippen molar-refractivity contribution in [2.24, 2.45) is 0 Å². The van der Waals surface area contributed by atoms with Crippen molar-refractivity contribution in [3.05, 3.63) is 48.6 Å². The van der Waals surface area contributed by atoms with Gasteiger partial charge in [-0.15, -0.1) is 0 Å². The minimum Gasteiger partial charge on any atom is -0.462 e. The molecule has 66 heavy (non-hydrogen) atoms. The molecular formula is C60H108O6. The fourth-order valence-electron chi connectivity index (χ4n) is 8.21. The van der Waals surface area contributed by atoms with Crippen LogP contribution >= 0.6 is 0 Å². The van der Waals surface area contributed by atoms with Crippen LogP contribution in [-0.2, 0) is 28.6 Å². The SMILES string of the molecule is CCCCC/C=C\C/C=C\C/C=C\CCCCCCCCC(=O)OCC(COC(=O)CCCCCCCCCCCC)OC(=O)CCCCCCCCCCC/C=C\CCCCCCCC. The van der Waals surface area contributed by atoms with Gasteiger partial charge in [0.2, 0.25) is 0 Å². The topological polar surface area (TPSA) is 78.9 Å². The maximum absolute atomic E-state index is 12.8. The smallest absolute Gasteiger partial charge is 0.306 e. The molecule has 0 radical (unpaired) electrons. The molecule has 0 saturated heterocycles. The Kier molecular flexibility index (Phi) is 52.8. The van der Waals surface area contributed by atoms with Crippen molar-refractivity contribution in [3.8, 4) is 0 Å². The zero-order valence-electron chi connectivity index (χ0n) is 44.0. The van der Waals surface area contributed by atoms with Gasteiger partial charge in [0.1, 0.15) is 13.2 Å². The summed E-state index contributed by atoms with van der Waals surface area (Å²) in [5, 5.41) is 0. The van der Waals surface area contributed by atoms with Crippen molar-refractivity contribution in [1.29, 1.82) is 0 Å². The normalized spacial score (nSPS) is 12.3. The molecule has 0 aliphatic rings. The maximum atomic E-state index is 12.8. The lowest BCUT2D eigenvalue weighted by atomic mass is 10.1. The fraction of sp³-hybridized carbons (Fsp3) is 0.817. The molecule has 1 atom stereocenters. The van der Waals surface area contributed by atoms with Crippen LogP contribution in [0.1, 0.15) is 297 Å². The highest BCUT2D eigenvalue weighted by Crippen LogP contribution is 2.16. The zero-order valence-corrected chi connectivity index (χ0v) is 44.0. The maximum Gasteiger partial charge on any atom is 0.306 e. The van der Waals surface area contributed by atoms with Crippen molar-refractivity contribution >= 4 is 17.9 Å². The summed E-state index contributed by atoms with van der Waals surface area (Å²) < 4.78 is 16.8. The first-order chi connectivity index (χ1) is 32.5. The van der Waals surface area contributed by atoms with Crippen LogP contribution in [0.5, 0.6) is 0 Å². The molecule has 0 aliphatic carbocycles. The minimum absolute atomic E-state index is 0.0756. The van der Waals surface area contributed by atoms with Gasteiger partial charge < -0.3 is 14.2 Å². The highest BCUT2D eigenvalue weighted by atomic mass is 16.6. The lowest BCUT2D eigenvalue weighted by Gasteiger charge is -2.18. The largest absolute Gasteiger partial charge is 0.462 e. The Labute approximate surface area is 409 Å². The van der Waals surface area contributed by atoms with Crippen LogP contribution in [0.3, 0.4) is 0 Å². The third-order valence-electron chi connectivity index (χ3n) is 12.6. The first kappa shape index (κ1) is 63.4. The summed E-state index contributed by atoms with van der Waals surface area (Å²) >= 11 is 0. The molecule has 0 aromatic rings. The average molecular weight is 926 g/mol. The second-order valence-corrected chi connectivity index (χ2v) is 19.2. The first-order valence-corrected chi connectivity index (χ1v) is 28.6. The van der Waals surface area contributed by atoms with E-state index in [1.54, 1.807) is 0 Å². The Morgan fingerprint density at radius 2 is 0.545 bits per heavy atom. The average Bonchev–Trinajstić information content (AvgIpc) is 3.31. The molecule has 6 heteroatoms. The van der Waals surface area contributed by atoms with E-state index < -0.39 is 6.10 Å². The van der Waals surface area contributed by atoms with E-state index in [1.807, 2.05) is 0 Å². The van der Waals surface area contributed by atoms with Crippen molar-refractivity contribution in [2.45, 2.75) is 303 Å². The van der Waals surface area contributed by atoms with Gasteiger partial charge in [0.25, 0.3) is 0 Å². The molecular weight excluding hydrogens is 817 g/mol. The number of rotatable bonds is 52. The molecule has 0 N–H and O–H groups in total. The van der Waals surface area contributed by atoms with E-state index in [1.165, 1.54) is 180 Å². The highest BCUT2D eigenvalue weighted by molar-refractivity contribution is 5.71. The van der Waals surface area contributed by atoms with E-state index in [9.17, 15) is 14.4 Å². The van der Waals surface area contributed by atoms with Crippen LogP contribution in [0.2, 0.25) is 0 Å². The molecule has 0 amide bonds. The molecule has 0 spiro atoms. The number of carbonyl (C=O) groups is 3. The Balaban J connectivity index is 4.32. The van der Waals surface area contributed by atoms with Crippen LogP contribution in [-0.4, -0.2) is 37.2 Å². The van der Waals surface area contributed by atoms with Gasteiger partial charge in [0, 0.05) is 19.3 Å². The Hall–Kier alpha value is -2.63. The molecule has 0 heterocycles. The fourth-order valence-corrected chi connectivity index (χ4v) is 8.21. The monoisotopic (exact) mass is 925 g/mol. The summed E-state index contributed by atoms with van der Waals surface area (Å²) in [7, 11) is 0. The number of hydrogen-bond donors (Lipinski definition) is 0. The summed E-state index contributed by atoms with van der Waals surface area (Å²) in [4.78, 5) is 38.1. The van der Waals surface area contributed by atoms with Gasteiger partial charge >= 0.3 is 17.9 Å². The van der Waals surface area contributed by atoms with Gasteiger partial charge in [-0.05, 0) is 83.5 Å². The minimum atomic E-state index is -0.777. The number of hydrogen-bond acceptors (Lipinski definition) is 6. The van der Waals surface area contributed by atoms with E-state index in [-0.39, 0.29) is 31.1 Å². The molecule has 6 nitrogen and oxygen atoms in total. The second-order valence-electron chi connectivity index (χ2n) is 19.2. The highest BCUT2D eigenvalue weighted by Gasteiger charge is 2.19. The van der Waals surface area contributed by atoms with Crippen LogP contribution in [0, 0.1) is 0 Å². The summed E-state index contributed by atoms with van der Waals surface area (Å²) in [6.45, 7) is 6.61. The standard InChI is InChI=1S/C60H108O6/c1-4-7-10-13-16-19-22-24-26-28-30-32-34-36-38-41-44-47-50-53-59(62)65-56-57(55-64-58(61)52-49-46-43-40-21-18-15-12-9-6-3)66-60(63)54-51-48-45-42-39-37-35-33-31-29-27-25-23-20-17-14-11-8-5-2/h16,19,24-27,30,32,57H,4-15,17-18,20-23,28-29,31,33-56H2,1-3H3/b19-16-,26-24-,27-25-,32-30-. The van der Waals surface area contributed by atoms with Gasteiger partial charge in [-0.3, -0.25) is 14.4 Å². The molecule has 0 bridgehead atoms. The Morgan fingerprint density at radius 3 is 0.894 bits per heavy atom. The van der Waals surface area contributed by atoms with Crippen LogP contribution in [0.25, 0.3) is 0 Å². The first-order valence-electron chi connectivity index (χ1n) is 28.6. The van der Waals surface area contributed by atoms with Gasteiger partial charge in [-0.1, -0.05) is 243 Å². The van der Waals surface area contributed by atoms with Gasteiger partial charge in [0.15, 0.2) is 6.10 Å². The van der Waals surface area contributed by atoms with Gasteiger partial charge in [-0.2, -0.15) is 0 Å². The Morgan fingerprint density at radius 1 is 0.303 bits per heavy atom. The summed E-state index contributed by atoms with van der Waals surface area (Å²) in [6.07, 6.45) is 66.7. The van der Waals surface area contributed by atoms with E-state index in [0.29, 0.717) is 19.3 Å². The summed E-state index contributed by atoms with van der Waals surface area (Å²) in [5.74, 6) is -0.880. The van der Waals surface area contributed by atoms with Crippen molar-refractivity contribution in [2.75, 3.05) is 13.2 Å². The van der Waals surface area contributed by atoms with Crippen LogP contribution in [0.15, 0.2) is 48.6 Å². The molecule has 0 aromatic heterocycles. The molecule has 0 aromatic carbocycles. The van der Waals surface area contributed by atoms with E-state index in [2.05, 4.69) is 69.4 Å². The molecule has 0 saturated carbocycles. The molecule has 384 valence electrons. The number of ether oxygens (including phenoxy) is 3. The number of carbonyl (C=O) groups excluding carboxylic acids is 3. The predicted molar refractivity (Wildman–Crippen MR) is 284 cm³/mol. The van der Waals surface area contributed by atoms with E-state index in [0.717, 1.165) is 77.0 Å². The molecule has 0 rings (SSSR count). The zero-order chi connectivity index (χ0) is 47.9. The third kappa shape index (κ3) is 52.3. The Bertz CT molecular complexity index is 1150. The van der Waals surface area contributed by atoms with Crippen molar-refractivity contribution in [3.63, 3.8) is 0 Å². The lowest BCUT2D eigenvalue weighted by Crippen LogP contribution is -2.30. The van der Waals surface area contributed by atoms with Crippen LogP contribution < -0.4 is 0 Å². The van der Waals surface area contributed by atoms with Crippen molar-refractivity contribution in [1.82, 2.24) is 0 Å². The van der Waals surface area contributed by atoms with Crippen LogP contribution in [0.4, 0.5) is 0 Å². The second kappa shape index (κ2) is 55.0. The number of esters is 3. The summed E-state index contributed by atoms with van der Waals surface area (Å²) in [5.41, 5.74) is 0. The number of unbranched alkanes of at least 4 members (excludes halogenated alkanes) is 33. The van der Waals surface area contributed by atoms with Crippen molar-refractivity contribution < 1.29 is 28.6 Å². The summed E-state index contributed by atoms with van der Waals surface area (Å²) in [6, 6.07) is 0. The van der Waals surface area contributed by atoms with Gasteiger partial charge in [0.05, 0.1) is 0 Å². The lowest BCUT2D eigenvalue weighted by molar-refractivity contribution is -0.167. The molecule has 0 aliphatic heterocycles. The predicted octanol–water partition coefficient (Wildman–Crippen LogP) is 19.0. The van der Waals surface area contributed by atoms with E-state index >= 15 is 0 Å². The molecule has 0 fully saturated rings. The van der Waals surface area contributed by atoms with E-state index in [4.69, 9.17) is 14.2 Å². The van der Waals surface area contributed by atoms with Gasteiger partial charge in [-0.25, -0.2) is 0 Å². The number of allylic oxidation sites excluding steroid dienone is 8. The third-order valence-corrected chi connectivity index (χ3v) is 12.6. The quantitative estimate of drug-likeness (QED) is 0.0262. The molecule has 1 unspecified atom stereocenters.